The molecule has 98 valence electrons. The van der Waals surface area contributed by atoms with Gasteiger partial charge in [-0.2, -0.15) is 0 Å². The summed E-state index contributed by atoms with van der Waals surface area (Å²) >= 11 is 0. The second-order valence-corrected chi connectivity index (χ2v) is 3.59. The SMILES string of the molecule is Cn1c(=O)[nH]c2c(F)cc(OCC(F)F)c(F)c21. The Morgan fingerprint density at radius 3 is 2.72 bits per heavy atom. The molecule has 1 heterocycles. The lowest BCUT2D eigenvalue weighted by atomic mass is 10.2. The van der Waals surface area contributed by atoms with Crippen molar-refractivity contribution in [1.29, 1.82) is 0 Å². The molecule has 0 saturated carbocycles. The predicted molar refractivity (Wildman–Crippen MR) is 55.0 cm³/mol. The first-order chi connectivity index (χ1) is 8.41. The van der Waals surface area contributed by atoms with Crippen molar-refractivity contribution in [2.45, 2.75) is 6.43 Å². The van der Waals surface area contributed by atoms with Crippen LogP contribution >= 0.6 is 0 Å². The fourth-order valence-electron chi connectivity index (χ4n) is 1.57. The lowest BCUT2D eigenvalue weighted by Crippen LogP contribution is -2.13. The van der Waals surface area contributed by atoms with Gasteiger partial charge < -0.3 is 9.72 Å². The molecule has 1 aromatic carbocycles. The average Bonchev–Trinajstić information content (AvgIpc) is 2.59. The summed E-state index contributed by atoms with van der Waals surface area (Å²) in [5, 5.41) is 0. The van der Waals surface area contributed by atoms with E-state index in [1.54, 1.807) is 0 Å². The maximum Gasteiger partial charge on any atom is 0.326 e. The summed E-state index contributed by atoms with van der Waals surface area (Å²) in [7, 11) is 1.22. The number of imidazole rings is 1. The number of hydrogen-bond donors (Lipinski definition) is 1. The highest BCUT2D eigenvalue weighted by Gasteiger charge is 2.19. The van der Waals surface area contributed by atoms with Gasteiger partial charge in [0, 0.05) is 13.1 Å². The van der Waals surface area contributed by atoms with Crippen LogP contribution in [0.25, 0.3) is 11.0 Å². The molecule has 8 heteroatoms. The van der Waals surface area contributed by atoms with Gasteiger partial charge in [-0.15, -0.1) is 0 Å². The third kappa shape index (κ3) is 1.93. The van der Waals surface area contributed by atoms with Crippen molar-refractivity contribution in [2.24, 2.45) is 7.05 Å². The molecular formula is C10H8F4N2O2. The van der Waals surface area contributed by atoms with Gasteiger partial charge in [0.25, 0.3) is 6.43 Å². The normalized spacial score (nSPS) is 11.4. The minimum absolute atomic E-state index is 0.329. The van der Waals surface area contributed by atoms with Gasteiger partial charge >= 0.3 is 5.69 Å². The summed E-state index contributed by atoms with van der Waals surface area (Å²) in [6.07, 6.45) is -2.81. The summed E-state index contributed by atoms with van der Waals surface area (Å²) in [6.45, 7) is -1.06. The van der Waals surface area contributed by atoms with Crippen LogP contribution in [0.3, 0.4) is 0 Å². The summed E-state index contributed by atoms with van der Waals surface area (Å²) in [6, 6.07) is 0.621. The molecule has 1 N–H and O–H groups in total. The summed E-state index contributed by atoms with van der Waals surface area (Å²) in [4.78, 5) is 13.4. The summed E-state index contributed by atoms with van der Waals surface area (Å²) < 4.78 is 56.6. The van der Waals surface area contributed by atoms with Crippen LogP contribution in [0.1, 0.15) is 0 Å². The number of aromatic nitrogens is 2. The number of aromatic amines is 1. The monoisotopic (exact) mass is 264 g/mol. The Morgan fingerprint density at radius 1 is 1.44 bits per heavy atom. The van der Waals surface area contributed by atoms with E-state index < -0.39 is 36.1 Å². The molecule has 1 aromatic heterocycles. The van der Waals surface area contributed by atoms with Crippen LogP contribution in [0, 0.1) is 11.6 Å². The molecule has 0 aliphatic heterocycles. The van der Waals surface area contributed by atoms with Crippen LogP contribution < -0.4 is 10.4 Å². The van der Waals surface area contributed by atoms with Crippen molar-refractivity contribution in [3.63, 3.8) is 0 Å². The molecule has 2 aromatic rings. The van der Waals surface area contributed by atoms with Crippen molar-refractivity contribution in [3.05, 3.63) is 28.2 Å². The number of alkyl halides is 2. The fraction of sp³-hybridized carbons (Fsp3) is 0.300. The molecule has 0 amide bonds. The van der Waals surface area contributed by atoms with Gasteiger partial charge in [-0.3, -0.25) is 4.57 Å². The van der Waals surface area contributed by atoms with Crippen LogP contribution in [-0.4, -0.2) is 22.6 Å². The fourth-order valence-corrected chi connectivity index (χ4v) is 1.57. The van der Waals surface area contributed by atoms with E-state index in [4.69, 9.17) is 0 Å². The number of rotatable bonds is 3. The number of nitrogens with one attached hydrogen (secondary N) is 1. The summed E-state index contributed by atoms with van der Waals surface area (Å²) in [5.74, 6) is -2.67. The predicted octanol–water partition coefficient (Wildman–Crippen LogP) is 1.79. The lowest BCUT2D eigenvalue weighted by Gasteiger charge is -2.08. The maximum atomic E-state index is 13.9. The van der Waals surface area contributed by atoms with E-state index in [0.717, 1.165) is 4.57 Å². The van der Waals surface area contributed by atoms with E-state index in [1.165, 1.54) is 7.05 Å². The molecule has 0 bridgehead atoms. The standard InChI is InChI=1S/C10H8F4N2O2/c1-16-9-7(14)5(18-3-6(12)13)2-4(11)8(9)15-10(16)17/h2,6H,3H2,1H3,(H,15,17). The van der Waals surface area contributed by atoms with Gasteiger partial charge in [-0.1, -0.05) is 0 Å². The van der Waals surface area contributed by atoms with Crippen LogP contribution in [0.15, 0.2) is 10.9 Å². The van der Waals surface area contributed by atoms with E-state index in [1.807, 2.05) is 0 Å². The highest BCUT2D eigenvalue weighted by molar-refractivity contribution is 5.78. The van der Waals surface area contributed by atoms with Gasteiger partial charge in [0.1, 0.15) is 17.6 Å². The number of benzene rings is 1. The van der Waals surface area contributed by atoms with Crippen LogP contribution in [0.5, 0.6) is 5.75 Å². The highest BCUT2D eigenvalue weighted by Crippen LogP contribution is 2.27. The molecule has 4 nitrogen and oxygen atoms in total. The first kappa shape index (κ1) is 12.5. The lowest BCUT2D eigenvalue weighted by molar-refractivity contribution is 0.0798. The molecule has 0 radical (unpaired) electrons. The first-order valence-corrected chi connectivity index (χ1v) is 4.89. The second-order valence-electron chi connectivity index (χ2n) is 3.59. The molecule has 0 saturated heterocycles. The van der Waals surface area contributed by atoms with Gasteiger partial charge in [-0.05, 0) is 0 Å². The zero-order chi connectivity index (χ0) is 13.4. The minimum Gasteiger partial charge on any atom is -0.484 e. The number of halogens is 4. The average molecular weight is 264 g/mol. The highest BCUT2D eigenvalue weighted by atomic mass is 19.3. The molecule has 0 spiro atoms. The van der Waals surface area contributed by atoms with Crippen molar-refractivity contribution in [2.75, 3.05) is 6.61 Å². The third-order valence-corrected chi connectivity index (χ3v) is 2.39. The quantitative estimate of drug-likeness (QED) is 0.859. The largest absolute Gasteiger partial charge is 0.484 e. The Morgan fingerprint density at radius 2 is 2.11 bits per heavy atom. The van der Waals surface area contributed by atoms with Gasteiger partial charge in [-0.25, -0.2) is 22.4 Å². The molecule has 0 atom stereocenters. The van der Waals surface area contributed by atoms with Crippen LogP contribution in [-0.2, 0) is 7.05 Å². The van der Waals surface area contributed by atoms with E-state index in [-0.39, 0.29) is 11.0 Å². The molecule has 0 fully saturated rings. The van der Waals surface area contributed by atoms with E-state index in [9.17, 15) is 22.4 Å². The number of aryl methyl sites for hydroxylation is 1. The smallest absolute Gasteiger partial charge is 0.326 e. The molecule has 18 heavy (non-hydrogen) atoms. The second kappa shape index (κ2) is 4.35. The van der Waals surface area contributed by atoms with E-state index in [0.29, 0.717) is 6.07 Å². The molecule has 0 unspecified atom stereocenters. The zero-order valence-corrected chi connectivity index (χ0v) is 9.14. The van der Waals surface area contributed by atoms with Crippen molar-refractivity contribution >= 4 is 11.0 Å². The zero-order valence-electron chi connectivity index (χ0n) is 9.14. The molecule has 0 aliphatic rings. The number of ether oxygens (including phenoxy) is 1. The number of hydrogen-bond acceptors (Lipinski definition) is 2. The topological polar surface area (TPSA) is 47.0 Å². The minimum atomic E-state index is -2.81. The van der Waals surface area contributed by atoms with Gasteiger partial charge in [0.05, 0.1) is 0 Å². The maximum absolute atomic E-state index is 13.9. The summed E-state index contributed by atoms with van der Waals surface area (Å²) in [5.41, 5.74) is -1.40. The number of fused-ring (bicyclic) bond motifs is 1. The van der Waals surface area contributed by atoms with Crippen LogP contribution in [0.4, 0.5) is 17.6 Å². The Bertz CT molecular complexity index is 647. The van der Waals surface area contributed by atoms with E-state index >= 15 is 0 Å². The molecular weight excluding hydrogens is 256 g/mol. The molecule has 2 rings (SSSR count). The number of H-pyrrole nitrogens is 1. The van der Waals surface area contributed by atoms with Gasteiger partial charge in [0.2, 0.25) is 0 Å². The molecule has 0 aliphatic carbocycles. The Hall–Kier alpha value is -1.99. The van der Waals surface area contributed by atoms with Crippen molar-refractivity contribution in [1.82, 2.24) is 9.55 Å². The number of nitrogens with zero attached hydrogens (tertiary/aromatic N) is 1. The van der Waals surface area contributed by atoms with Crippen LogP contribution in [0.2, 0.25) is 0 Å². The van der Waals surface area contributed by atoms with Gasteiger partial charge in [0.15, 0.2) is 17.4 Å². The Balaban J connectivity index is 2.60. The first-order valence-electron chi connectivity index (χ1n) is 4.89. The third-order valence-electron chi connectivity index (χ3n) is 2.39. The van der Waals surface area contributed by atoms with Crippen molar-refractivity contribution < 1.29 is 22.3 Å². The Kier molecular flexibility index (Phi) is 3.02. The van der Waals surface area contributed by atoms with E-state index in [2.05, 4.69) is 9.72 Å². The Labute approximate surface area is 97.8 Å². The van der Waals surface area contributed by atoms with Crippen molar-refractivity contribution in [3.8, 4) is 5.75 Å².